The molecule has 0 bridgehead atoms. The van der Waals surface area contributed by atoms with Crippen LogP contribution >= 0.6 is 0 Å². The number of carbonyl (C=O) groups is 4. The molecule has 0 saturated heterocycles. The van der Waals surface area contributed by atoms with E-state index in [0.29, 0.717) is 0 Å². The van der Waals surface area contributed by atoms with E-state index in [1.165, 1.54) is 0 Å². The monoisotopic (exact) mass is 332 g/mol. The van der Waals surface area contributed by atoms with E-state index in [-0.39, 0.29) is 18.9 Å². The van der Waals surface area contributed by atoms with Crippen molar-refractivity contribution in [2.45, 2.75) is 27.7 Å². The number of hydrogen-bond acceptors (Lipinski definition) is 7. The van der Waals surface area contributed by atoms with Gasteiger partial charge in [0.15, 0.2) is 10.8 Å². The Balaban J connectivity index is -0.000000124. The molecule has 11 nitrogen and oxygen atoms in total. The van der Waals surface area contributed by atoms with Gasteiger partial charge in [0.05, 0.1) is 0 Å². The van der Waals surface area contributed by atoms with Gasteiger partial charge in [-0.3, -0.25) is 19.2 Å². The molecule has 0 saturated carbocycles. The van der Waals surface area contributed by atoms with Crippen LogP contribution in [0.1, 0.15) is 27.7 Å². The predicted molar refractivity (Wildman–Crippen MR) is 68.3 cm³/mol. The summed E-state index contributed by atoms with van der Waals surface area (Å²) in [5.41, 5.74) is -3.33. The van der Waals surface area contributed by atoms with Crippen LogP contribution < -0.4 is 23.9 Å². The third kappa shape index (κ3) is 13.8. The van der Waals surface area contributed by atoms with E-state index < -0.39 is 42.0 Å². The van der Waals surface area contributed by atoms with E-state index >= 15 is 0 Å². The second-order valence-corrected chi connectivity index (χ2v) is 4.80. The molecular weight excluding hydrogens is 314 g/mol. The molecule has 0 fully saturated rings. The van der Waals surface area contributed by atoms with E-state index in [4.69, 9.17) is 35.5 Å². The largest absolute Gasteiger partial charge is 1.00 e. The summed E-state index contributed by atoms with van der Waals surface area (Å²) in [5, 5.41) is 55.7. The van der Waals surface area contributed by atoms with Crippen molar-refractivity contribution in [2.75, 3.05) is 0 Å². The molecule has 0 aromatic heterocycles. The van der Waals surface area contributed by atoms with Gasteiger partial charge in [0.1, 0.15) is 0 Å². The van der Waals surface area contributed by atoms with Crippen LogP contribution in [0.4, 0.5) is 0 Å². The van der Waals surface area contributed by atoms with Crippen molar-refractivity contribution in [1.82, 2.24) is 0 Å². The summed E-state index contributed by atoms with van der Waals surface area (Å²) in [6.07, 6.45) is 0. The van der Waals surface area contributed by atoms with E-state index in [0.717, 1.165) is 27.7 Å². The molecule has 23 heavy (non-hydrogen) atoms. The zero-order valence-electron chi connectivity index (χ0n) is 13.3. The zero-order chi connectivity index (χ0) is 18.9. The summed E-state index contributed by atoms with van der Waals surface area (Å²) in [6, 6.07) is 0. The van der Waals surface area contributed by atoms with Crippen molar-refractivity contribution < 1.29 is 73.5 Å². The fourth-order valence-electron chi connectivity index (χ4n) is 0.183. The van der Waals surface area contributed by atoms with Gasteiger partial charge in [-0.25, -0.2) is 0 Å². The number of carboxylic acids is 4. The Bertz CT molecular complexity index is 348. The minimum absolute atomic E-state index is 0. The van der Waals surface area contributed by atoms with Gasteiger partial charge in [-0.05, 0) is 27.7 Å². The van der Waals surface area contributed by atoms with Gasteiger partial charge in [-0.15, -0.1) is 0 Å². The second-order valence-electron chi connectivity index (χ2n) is 4.80. The minimum Gasteiger partial charge on any atom is -0.832 e. The fourth-order valence-corrected chi connectivity index (χ4v) is 0.183. The minimum atomic E-state index is -2.42. The average Bonchev–Trinajstić information content (AvgIpc) is 2.27. The van der Waals surface area contributed by atoms with Crippen LogP contribution in [0.5, 0.6) is 0 Å². The van der Waals surface area contributed by atoms with E-state index in [1.807, 2.05) is 0 Å². The van der Waals surface area contributed by atoms with E-state index in [1.54, 1.807) is 0 Å². The maximum Gasteiger partial charge on any atom is 1.00 e. The van der Waals surface area contributed by atoms with Gasteiger partial charge in [0.2, 0.25) is 0 Å². The predicted octanol–water partition coefficient (Wildman–Crippen LogP) is -5.32. The summed E-state index contributed by atoms with van der Waals surface area (Å²) in [6.45, 7) is 4.55. The van der Waals surface area contributed by atoms with Crippen molar-refractivity contribution >= 4 is 31.2 Å². The molecule has 0 aromatic rings. The van der Waals surface area contributed by atoms with Gasteiger partial charge < -0.3 is 35.5 Å². The fraction of sp³-hybridized carbons (Fsp3) is 0.600. The number of aliphatic carboxylic acids is 4. The van der Waals surface area contributed by atoms with E-state index in [9.17, 15) is 19.2 Å². The molecule has 0 aliphatic rings. The molecule has 13 heteroatoms. The summed E-state index contributed by atoms with van der Waals surface area (Å²) < 4.78 is 0. The van der Waals surface area contributed by atoms with Crippen LogP contribution in [-0.4, -0.2) is 61.7 Å². The third-order valence-electron chi connectivity index (χ3n) is 2.14. The first-order valence-corrected chi connectivity index (χ1v) is 5.46. The molecule has 0 radical (unpaired) electrons. The Morgan fingerprint density at radius 2 is 0.783 bits per heavy atom. The Hall–Kier alpha value is -1.58. The first-order chi connectivity index (χ1) is 9.51. The van der Waals surface area contributed by atoms with Gasteiger partial charge >= 0.3 is 50.1 Å². The van der Waals surface area contributed by atoms with Crippen molar-refractivity contribution in [2.24, 2.45) is 10.8 Å². The summed E-state index contributed by atoms with van der Waals surface area (Å²) in [5.74, 6) is -5.30. The molecular formula is C10H18BLiO11. The average molecular weight is 332 g/mol. The summed E-state index contributed by atoms with van der Waals surface area (Å²) in [7, 11) is -2.42. The Kier molecular flexibility index (Phi) is 15.3. The summed E-state index contributed by atoms with van der Waals surface area (Å²) in [4.78, 5) is 40.3. The number of rotatable bonds is 4. The molecule has 0 heterocycles. The molecule has 0 rings (SSSR count). The summed E-state index contributed by atoms with van der Waals surface area (Å²) >= 11 is 0. The zero-order valence-corrected chi connectivity index (χ0v) is 13.3. The van der Waals surface area contributed by atoms with Crippen LogP contribution in [0.2, 0.25) is 0 Å². The van der Waals surface area contributed by atoms with Crippen LogP contribution in [0.25, 0.3) is 0 Å². The molecule has 0 aliphatic carbocycles. The van der Waals surface area contributed by atoms with Crippen LogP contribution in [-0.2, 0) is 19.2 Å². The Labute approximate surface area is 143 Å². The van der Waals surface area contributed by atoms with Crippen molar-refractivity contribution in [3.05, 3.63) is 0 Å². The maximum absolute atomic E-state index is 10.1. The number of hydrogen-bond donors (Lipinski definition) is 6. The Morgan fingerprint density at radius 1 is 0.696 bits per heavy atom. The van der Waals surface area contributed by atoms with Crippen molar-refractivity contribution in [3.63, 3.8) is 0 Å². The number of carboxylic acid groups (broad SMARTS) is 4. The molecule has 128 valence electrons. The van der Waals surface area contributed by atoms with Gasteiger partial charge in [0.25, 0.3) is 0 Å². The molecule has 0 atom stereocenters. The van der Waals surface area contributed by atoms with Crippen molar-refractivity contribution in [1.29, 1.82) is 0 Å². The van der Waals surface area contributed by atoms with Gasteiger partial charge in [0, 0.05) is 0 Å². The van der Waals surface area contributed by atoms with Gasteiger partial charge in [-0.1, -0.05) is 0 Å². The maximum atomic E-state index is 10.1. The first-order valence-electron chi connectivity index (χ1n) is 5.46. The first kappa shape index (κ1) is 29.4. The molecule has 0 spiro atoms. The van der Waals surface area contributed by atoms with Gasteiger partial charge in [-0.2, -0.15) is 0 Å². The van der Waals surface area contributed by atoms with Crippen LogP contribution in [0.3, 0.4) is 0 Å². The van der Waals surface area contributed by atoms with E-state index in [2.05, 4.69) is 0 Å². The SMILES string of the molecule is CC(C)(C(=O)O)C(=O)O.CC(C)(C(=O)O)C(=O)O.[Li+].[O-]B(O)O. The molecule has 0 aromatic carbocycles. The van der Waals surface area contributed by atoms with Crippen LogP contribution in [0, 0.1) is 10.8 Å². The van der Waals surface area contributed by atoms with Crippen molar-refractivity contribution in [3.8, 4) is 0 Å². The van der Waals surface area contributed by atoms with Crippen LogP contribution in [0.15, 0.2) is 0 Å². The molecule has 0 aliphatic heterocycles. The third-order valence-corrected chi connectivity index (χ3v) is 2.14. The molecule has 6 N–H and O–H groups in total. The second kappa shape index (κ2) is 11.9. The topological polar surface area (TPSA) is 213 Å². The quantitative estimate of drug-likeness (QED) is 0.211. The molecule has 0 amide bonds. The normalized spacial score (nSPS) is 9.70. The molecule has 0 unspecified atom stereocenters. The standard InChI is InChI=1S/2C5H8O4.BH2O3.Li/c2*1-5(2,3(6)7)4(8)9;2-1(3)4;/h2*1-2H3,(H,6,7)(H,8,9);2-3H;/q;;-1;+1. The smallest absolute Gasteiger partial charge is 0.832 e. The Morgan fingerprint density at radius 3 is 0.783 bits per heavy atom.